The van der Waals surface area contributed by atoms with E-state index in [1.807, 2.05) is 6.92 Å². The van der Waals surface area contributed by atoms with Gasteiger partial charge in [-0.1, -0.05) is 11.6 Å². The highest BCUT2D eigenvalue weighted by atomic mass is 16.5. The molecule has 0 aromatic rings. The van der Waals surface area contributed by atoms with Gasteiger partial charge in [-0.2, -0.15) is 0 Å². The second kappa shape index (κ2) is 2.22. The predicted molar refractivity (Wildman–Crippen MR) is 39.3 cm³/mol. The zero-order valence-electron chi connectivity index (χ0n) is 6.26. The third-order valence-corrected chi connectivity index (χ3v) is 1.97. The van der Waals surface area contributed by atoms with E-state index in [0.29, 0.717) is 5.57 Å². The Morgan fingerprint density at radius 1 is 1.40 bits per heavy atom. The summed E-state index contributed by atoms with van der Waals surface area (Å²) in [5, 5.41) is 18.4. The Kier molecular flexibility index (Phi) is 1.67. The van der Waals surface area contributed by atoms with Gasteiger partial charge in [0.1, 0.15) is 0 Å². The van der Waals surface area contributed by atoms with Crippen molar-refractivity contribution in [2.24, 2.45) is 0 Å². The fraction of sp³-hybridized carbons (Fsp3) is 0.500. The highest BCUT2D eigenvalue weighted by molar-refractivity contribution is 5.29. The predicted octanol–water partition coefficient (Wildman–Crippen LogP) is 0.964. The second-order valence-corrected chi connectivity index (χ2v) is 2.74. The normalized spacial score (nSPS) is 23.6. The molecular formula is C8H12O2. The van der Waals surface area contributed by atoms with E-state index in [1.54, 1.807) is 13.0 Å². The number of hydrogen-bond acceptors (Lipinski definition) is 2. The lowest BCUT2D eigenvalue weighted by Crippen LogP contribution is -2.29. The van der Waals surface area contributed by atoms with Crippen molar-refractivity contribution < 1.29 is 10.2 Å². The maximum atomic E-state index is 9.22. The molecule has 1 rings (SSSR count). The van der Waals surface area contributed by atoms with E-state index in [0.717, 1.165) is 12.0 Å². The molecule has 0 aromatic carbocycles. The summed E-state index contributed by atoms with van der Waals surface area (Å²) in [6.07, 6.45) is 4.01. The molecule has 2 nitrogen and oxygen atoms in total. The molecule has 2 N–H and O–H groups in total. The summed E-state index contributed by atoms with van der Waals surface area (Å²) in [7, 11) is 0. The number of allylic oxidation sites excluding steroid dienone is 2. The number of aliphatic hydroxyl groups is 2. The van der Waals surface area contributed by atoms with Crippen LogP contribution in [0.1, 0.15) is 20.3 Å². The van der Waals surface area contributed by atoms with Crippen LogP contribution in [-0.4, -0.2) is 16.0 Å². The Morgan fingerprint density at radius 3 is 2.40 bits per heavy atom. The molecule has 0 saturated carbocycles. The summed E-state index contributed by atoms with van der Waals surface area (Å²) in [5.74, 6) is -1.69. The summed E-state index contributed by atoms with van der Waals surface area (Å²) in [5.41, 5.74) is 1.68. The van der Waals surface area contributed by atoms with Crippen LogP contribution >= 0.6 is 0 Å². The van der Waals surface area contributed by atoms with E-state index in [1.165, 1.54) is 6.08 Å². The van der Waals surface area contributed by atoms with Gasteiger partial charge in [-0.05, 0) is 31.9 Å². The lowest BCUT2D eigenvalue weighted by molar-refractivity contribution is -0.0863. The molecule has 0 aromatic heterocycles. The van der Waals surface area contributed by atoms with Crippen molar-refractivity contribution in [1.82, 2.24) is 0 Å². The summed E-state index contributed by atoms with van der Waals surface area (Å²) in [6, 6.07) is 0. The molecule has 0 spiro atoms. The Balaban J connectivity index is 2.97. The molecule has 2 heteroatoms. The van der Waals surface area contributed by atoms with E-state index in [-0.39, 0.29) is 0 Å². The van der Waals surface area contributed by atoms with Gasteiger partial charge in [0, 0.05) is 0 Å². The Bertz CT molecular complexity index is 199. The zero-order valence-corrected chi connectivity index (χ0v) is 6.26. The lowest BCUT2D eigenvalue weighted by atomic mass is 9.95. The summed E-state index contributed by atoms with van der Waals surface area (Å²) >= 11 is 0. The first kappa shape index (κ1) is 7.51. The first-order chi connectivity index (χ1) is 4.54. The molecule has 0 saturated heterocycles. The van der Waals surface area contributed by atoms with Crippen LogP contribution in [0, 0.1) is 0 Å². The molecular weight excluding hydrogens is 128 g/mol. The van der Waals surface area contributed by atoms with E-state index < -0.39 is 5.79 Å². The van der Waals surface area contributed by atoms with Gasteiger partial charge in [0.05, 0.1) is 0 Å². The van der Waals surface area contributed by atoms with Crippen LogP contribution < -0.4 is 0 Å². The summed E-state index contributed by atoms with van der Waals surface area (Å²) < 4.78 is 0. The topological polar surface area (TPSA) is 40.5 Å². The quantitative estimate of drug-likeness (QED) is 0.388. The summed E-state index contributed by atoms with van der Waals surface area (Å²) in [6.45, 7) is 3.64. The SMILES string of the molecule is CC1=C(C)C(O)(O)C=CC1. The Hall–Kier alpha value is -0.600. The van der Waals surface area contributed by atoms with E-state index in [2.05, 4.69) is 0 Å². The third kappa shape index (κ3) is 1.13. The van der Waals surface area contributed by atoms with Gasteiger partial charge in [0.2, 0.25) is 5.79 Å². The van der Waals surface area contributed by atoms with Gasteiger partial charge in [0.15, 0.2) is 0 Å². The Labute approximate surface area is 60.5 Å². The van der Waals surface area contributed by atoms with Crippen LogP contribution in [0.2, 0.25) is 0 Å². The molecule has 0 fully saturated rings. The van der Waals surface area contributed by atoms with E-state index >= 15 is 0 Å². The van der Waals surface area contributed by atoms with Gasteiger partial charge < -0.3 is 10.2 Å². The minimum absolute atomic E-state index is 0.648. The Morgan fingerprint density at radius 2 is 2.00 bits per heavy atom. The number of rotatable bonds is 0. The molecule has 1 aliphatic rings. The minimum Gasteiger partial charge on any atom is -0.359 e. The molecule has 0 atom stereocenters. The van der Waals surface area contributed by atoms with E-state index in [9.17, 15) is 10.2 Å². The fourth-order valence-corrected chi connectivity index (χ4v) is 0.992. The molecule has 0 aliphatic heterocycles. The van der Waals surface area contributed by atoms with Crippen LogP contribution in [0.3, 0.4) is 0 Å². The average Bonchev–Trinajstić information content (AvgIpc) is 1.83. The van der Waals surface area contributed by atoms with Gasteiger partial charge in [-0.15, -0.1) is 0 Å². The van der Waals surface area contributed by atoms with Crippen molar-refractivity contribution in [3.8, 4) is 0 Å². The van der Waals surface area contributed by atoms with Crippen molar-refractivity contribution >= 4 is 0 Å². The maximum absolute atomic E-state index is 9.22. The highest BCUT2D eigenvalue weighted by Gasteiger charge is 2.25. The molecule has 0 heterocycles. The van der Waals surface area contributed by atoms with Crippen molar-refractivity contribution in [1.29, 1.82) is 0 Å². The second-order valence-electron chi connectivity index (χ2n) is 2.74. The van der Waals surface area contributed by atoms with Crippen molar-refractivity contribution in [3.05, 3.63) is 23.3 Å². The molecule has 0 unspecified atom stereocenters. The summed E-state index contributed by atoms with van der Waals surface area (Å²) in [4.78, 5) is 0. The molecule has 0 radical (unpaired) electrons. The molecule has 10 heavy (non-hydrogen) atoms. The fourth-order valence-electron chi connectivity index (χ4n) is 0.992. The standard InChI is InChI=1S/C8H12O2/c1-6-4-3-5-8(9,10)7(6)2/h3,5,9-10H,4H2,1-2H3. The van der Waals surface area contributed by atoms with Crippen molar-refractivity contribution in [3.63, 3.8) is 0 Å². The van der Waals surface area contributed by atoms with Crippen LogP contribution in [0.5, 0.6) is 0 Å². The van der Waals surface area contributed by atoms with Crippen LogP contribution in [0.4, 0.5) is 0 Å². The average molecular weight is 140 g/mol. The minimum atomic E-state index is -1.69. The van der Waals surface area contributed by atoms with E-state index in [4.69, 9.17) is 0 Å². The first-order valence-electron chi connectivity index (χ1n) is 3.33. The monoisotopic (exact) mass is 140 g/mol. The van der Waals surface area contributed by atoms with Crippen LogP contribution in [-0.2, 0) is 0 Å². The van der Waals surface area contributed by atoms with Crippen LogP contribution in [0.25, 0.3) is 0 Å². The van der Waals surface area contributed by atoms with Gasteiger partial charge in [-0.25, -0.2) is 0 Å². The molecule has 56 valence electrons. The van der Waals surface area contributed by atoms with Crippen molar-refractivity contribution in [2.45, 2.75) is 26.1 Å². The largest absolute Gasteiger partial charge is 0.359 e. The molecule has 0 bridgehead atoms. The lowest BCUT2D eigenvalue weighted by Gasteiger charge is -2.24. The third-order valence-electron chi connectivity index (χ3n) is 1.97. The maximum Gasteiger partial charge on any atom is 0.205 e. The first-order valence-corrected chi connectivity index (χ1v) is 3.33. The van der Waals surface area contributed by atoms with Gasteiger partial charge in [-0.3, -0.25) is 0 Å². The van der Waals surface area contributed by atoms with Crippen molar-refractivity contribution in [2.75, 3.05) is 0 Å². The molecule has 1 aliphatic carbocycles. The van der Waals surface area contributed by atoms with Gasteiger partial charge in [0.25, 0.3) is 0 Å². The molecule has 0 amide bonds. The highest BCUT2D eigenvalue weighted by Crippen LogP contribution is 2.25. The smallest absolute Gasteiger partial charge is 0.205 e. The zero-order chi connectivity index (χ0) is 7.78. The van der Waals surface area contributed by atoms with Gasteiger partial charge >= 0.3 is 0 Å². The number of hydrogen-bond donors (Lipinski definition) is 2. The van der Waals surface area contributed by atoms with Crippen LogP contribution in [0.15, 0.2) is 23.3 Å².